The van der Waals surface area contributed by atoms with E-state index in [2.05, 4.69) is 10.4 Å². The van der Waals surface area contributed by atoms with E-state index in [-0.39, 0.29) is 5.91 Å². The van der Waals surface area contributed by atoms with Crippen LogP contribution in [0.25, 0.3) is 0 Å². The molecule has 1 spiro atoms. The van der Waals surface area contributed by atoms with Crippen LogP contribution in [-0.2, 0) is 15.3 Å². The predicted molar refractivity (Wildman–Crippen MR) is 110 cm³/mol. The molecule has 0 bridgehead atoms. The van der Waals surface area contributed by atoms with E-state index in [0.717, 1.165) is 0 Å². The van der Waals surface area contributed by atoms with Crippen LogP contribution in [0.4, 0.5) is 11.4 Å². The lowest BCUT2D eigenvalue weighted by atomic mass is 10.0. The van der Waals surface area contributed by atoms with Gasteiger partial charge in [-0.05, 0) is 48.5 Å². The first-order valence-electron chi connectivity index (χ1n) is 8.58. The number of nitrogens with zero attached hydrogens (tertiary/aromatic N) is 2. The number of ether oxygens (including phenoxy) is 1. The molecule has 1 unspecified atom stereocenters. The third kappa shape index (κ3) is 2.47. The van der Waals surface area contributed by atoms with Crippen LogP contribution in [0.5, 0.6) is 0 Å². The molecular formula is C21H13Cl2N3O2. The fraction of sp³-hybridized carbons (Fsp3) is 0.0476. The summed E-state index contributed by atoms with van der Waals surface area (Å²) in [5, 5.41) is 10.2. The SMILES string of the molecule is O=C1Nc2ccc(Cl)cc2C12OC(c1cccc(Cl)c1)=NN2c1ccccc1. The van der Waals surface area contributed by atoms with Crippen molar-refractivity contribution in [3.8, 4) is 0 Å². The Morgan fingerprint density at radius 2 is 1.71 bits per heavy atom. The highest BCUT2D eigenvalue weighted by Gasteiger charge is 2.59. The highest BCUT2D eigenvalue weighted by Crippen LogP contribution is 2.48. The molecule has 7 heteroatoms. The van der Waals surface area contributed by atoms with E-state index in [1.165, 1.54) is 0 Å². The van der Waals surface area contributed by atoms with Crippen LogP contribution in [0, 0.1) is 0 Å². The van der Waals surface area contributed by atoms with Gasteiger partial charge in [-0.25, -0.2) is 5.01 Å². The summed E-state index contributed by atoms with van der Waals surface area (Å²) in [6, 6.07) is 21.7. The second kappa shape index (κ2) is 6.26. The Bertz CT molecular complexity index is 1130. The molecule has 5 rings (SSSR count). The Morgan fingerprint density at radius 1 is 0.929 bits per heavy atom. The molecule has 2 aliphatic rings. The zero-order valence-electron chi connectivity index (χ0n) is 14.4. The minimum atomic E-state index is -1.49. The second-order valence-corrected chi connectivity index (χ2v) is 7.33. The first kappa shape index (κ1) is 17.1. The highest BCUT2D eigenvalue weighted by molar-refractivity contribution is 6.31. The molecule has 2 aliphatic heterocycles. The van der Waals surface area contributed by atoms with E-state index in [1.54, 1.807) is 41.4 Å². The molecule has 5 nitrogen and oxygen atoms in total. The van der Waals surface area contributed by atoms with E-state index in [9.17, 15) is 4.79 Å². The Morgan fingerprint density at radius 3 is 2.50 bits per heavy atom. The lowest BCUT2D eigenvalue weighted by Gasteiger charge is -2.30. The average molecular weight is 410 g/mol. The molecule has 0 radical (unpaired) electrons. The van der Waals surface area contributed by atoms with Gasteiger partial charge in [0.1, 0.15) is 0 Å². The molecule has 0 saturated heterocycles. The normalized spacial score (nSPS) is 20.0. The molecule has 1 atom stereocenters. The van der Waals surface area contributed by atoms with Gasteiger partial charge in [0.15, 0.2) is 0 Å². The first-order chi connectivity index (χ1) is 13.6. The number of rotatable bonds is 2. The van der Waals surface area contributed by atoms with E-state index >= 15 is 0 Å². The van der Waals surface area contributed by atoms with Crippen LogP contribution >= 0.6 is 23.2 Å². The number of carbonyl (C=O) groups is 1. The third-order valence-electron chi connectivity index (χ3n) is 4.71. The summed E-state index contributed by atoms with van der Waals surface area (Å²) >= 11 is 12.4. The fourth-order valence-electron chi connectivity index (χ4n) is 3.46. The number of hydrazone groups is 1. The summed E-state index contributed by atoms with van der Waals surface area (Å²) in [5.41, 5.74) is 1.14. The monoisotopic (exact) mass is 409 g/mol. The summed E-state index contributed by atoms with van der Waals surface area (Å²) in [6.45, 7) is 0. The summed E-state index contributed by atoms with van der Waals surface area (Å²) in [5.74, 6) is -0.0382. The minimum Gasteiger partial charge on any atom is -0.433 e. The van der Waals surface area contributed by atoms with Crippen molar-refractivity contribution in [3.05, 3.63) is 94.0 Å². The number of carbonyl (C=O) groups excluding carboxylic acids is 1. The van der Waals surface area contributed by atoms with Crippen molar-refractivity contribution in [3.63, 3.8) is 0 Å². The lowest BCUT2D eigenvalue weighted by Crippen LogP contribution is -2.47. The van der Waals surface area contributed by atoms with Crippen molar-refractivity contribution in [1.29, 1.82) is 0 Å². The molecule has 0 aliphatic carbocycles. The molecule has 1 amide bonds. The lowest BCUT2D eigenvalue weighted by molar-refractivity contribution is -0.130. The standard InChI is InChI=1S/C21H13Cl2N3O2/c22-14-6-4-5-13(11-14)19-25-26(16-7-2-1-3-8-16)21(28-19)17-12-15(23)9-10-18(17)24-20(21)27/h1-12H,(H,24,27). The number of hydrogen-bond donors (Lipinski definition) is 1. The molecule has 3 aromatic carbocycles. The van der Waals surface area contributed by atoms with E-state index < -0.39 is 5.72 Å². The molecule has 3 aromatic rings. The predicted octanol–water partition coefficient (Wildman–Crippen LogP) is 5.00. The number of halogens is 2. The van der Waals surface area contributed by atoms with Gasteiger partial charge in [0.25, 0.3) is 5.91 Å². The zero-order chi connectivity index (χ0) is 19.3. The van der Waals surface area contributed by atoms with Gasteiger partial charge in [-0.15, -0.1) is 5.10 Å². The van der Waals surface area contributed by atoms with Gasteiger partial charge >= 0.3 is 5.72 Å². The first-order valence-corrected chi connectivity index (χ1v) is 9.34. The van der Waals surface area contributed by atoms with E-state index in [4.69, 9.17) is 27.9 Å². The van der Waals surface area contributed by atoms with Gasteiger partial charge in [0.05, 0.1) is 16.9 Å². The average Bonchev–Trinajstić information content (AvgIpc) is 3.23. The van der Waals surface area contributed by atoms with E-state index in [1.807, 2.05) is 36.4 Å². The summed E-state index contributed by atoms with van der Waals surface area (Å²) in [7, 11) is 0. The Hall–Kier alpha value is -3.02. The van der Waals surface area contributed by atoms with Crippen LogP contribution in [0.15, 0.2) is 77.9 Å². The minimum absolute atomic E-state index is 0.300. The molecule has 0 fully saturated rings. The quantitative estimate of drug-likeness (QED) is 0.647. The number of hydrogen-bond acceptors (Lipinski definition) is 4. The molecule has 0 aromatic heterocycles. The van der Waals surface area contributed by atoms with Crippen LogP contribution in [0.2, 0.25) is 10.0 Å². The zero-order valence-corrected chi connectivity index (χ0v) is 15.9. The van der Waals surface area contributed by atoms with Crippen LogP contribution in [0.1, 0.15) is 11.1 Å². The van der Waals surface area contributed by atoms with Crippen molar-refractivity contribution in [1.82, 2.24) is 0 Å². The number of benzene rings is 3. The number of para-hydroxylation sites is 1. The smallest absolute Gasteiger partial charge is 0.311 e. The van der Waals surface area contributed by atoms with Crippen molar-refractivity contribution in [2.75, 3.05) is 10.3 Å². The number of amides is 1. The van der Waals surface area contributed by atoms with Crippen molar-refractivity contribution in [2.24, 2.45) is 5.10 Å². The maximum atomic E-state index is 13.2. The molecule has 2 heterocycles. The fourth-order valence-corrected chi connectivity index (χ4v) is 3.82. The molecule has 138 valence electrons. The van der Waals surface area contributed by atoms with Gasteiger partial charge in [0.2, 0.25) is 5.90 Å². The maximum absolute atomic E-state index is 13.2. The van der Waals surface area contributed by atoms with Gasteiger partial charge < -0.3 is 10.1 Å². The molecule has 1 N–H and O–H groups in total. The topological polar surface area (TPSA) is 53.9 Å². The summed E-state index contributed by atoms with van der Waals surface area (Å²) in [6.07, 6.45) is 0. The van der Waals surface area contributed by atoms with Crippen molar-refractivity contribution >= 4 is 46.4 Å². The maximum Gasteiger partial charge on any atom is 0.311 e. The number of nitrogens with one attached hydrogen (secondary N) is 1. The second-order valence-electron chi connectivity index (χ2n) is 6.45. The van der Waals surface area contributed by atoms with Crippen LogP contribution < -0.4 is 10.3 Å². The van der Waals surface area contributed by atoms with E-state index in [0.29, 0.717) is 38.4 Å². The Kier molecular flexibility index (Phi) is 3.82. The van der Waals surface area contributed by atoms with Gasteiger partial charge in [-0.2, -0.15) is 0 Å². The van der Waals surface area contributed by atoms with Crippen molar-refractivity contribution in [2.45, 2.75) is 5.72 Å². The molecular weight excluding hydrogens is 397 g/mol. The summed E-state index contributed by atoms with van der Waals surface area (Å²) < 4.78 is 6.26. The molecule has 28 heavy (non-hydrogen) atoms. The van der Waals surface area contributed by atoms with Crippen LogP contribution in [-0.4, -0.2) is 11.8 Å². The summed E-state index contributed by atoms with van der Waals surface area (Å²) in [4.78, 5) is 13.2. The number of anilines is 2. The van der Waals surface area contributed by atoms with Crippen molar-refractivity contribution < 1.29 is 9.53 Å². The van der Waals surface area contributed by atoms with Gasteiger partial charge in [-0.1, -0.05) is 47.5 Å². The number of fused-ring (bicyclic) bond motifs is 2. The van der Waals surface area contributed by atoms with Gasteiger partial charge in [-0.3, -0.25) is 4.79 Å². The highest BCUT2D eigenvalue weighted by atomic mass is 35.5. The largest absolute Gasteiger partial charge is 0.433 e. The van der Waals surface area contributed by atoms with Gasteiger partial charge in [0, 0.05) is 15.6 Å². The third-order valence-corrected chi connectivity index (χ3v) is 5.18. The molecule has 0 saturated carbocycles. The Balaban J connectivity index is 1.72. The van der Waals surface area contributed by atoms with Crippen LogP contribution in [0.3, 0.4) is 0 Å². The Labute approximate surface area is 171 Å².